The molecule has 6 heteroatoms. The maximum atomic E-state index is 11.9. The van der Waals surface area contributed by atoms with Crippen molar-refractivity contribution in [2.24, 2.45) is 0 Å². The van der Waals surface area contributed by atoms with Gasteiger partial charge in [-0.2, -0.15) is 0 Å². The number of carbonyl (C=O) groups is 3. The second-order valence-corrected chi connectivity index (χ2v) is 4.80. The van der Waals surface area contributed by atoms with E-state index in [4.69, 9.17) is 5.11 Å². The van der Waals surface area contributed by atoms with Gasteiger partial charge in [-0.3, -0.25) is 19.8 Å². The summed E-state index contributed by atoms with van der Waals surface area (Å²) in [5.41, 5.74) is 1.66. The highest BCUT2D eigenvalue weighted by Gasteiger charge is 2.15. The van der Waals surface area contributed by atoms with Crippen LogP contribution in [0.2, 0.25) is 0 Å². The first-order valence-electron chi connectivity index (χ1n) is 6.76. The van der Waals surface area contributed by atoms with Gasteiger partial charge >= 0.3 is 12.0 Å². The van der Waals surface area contributed by atoms with Crippen LogP contribution in [-0.2, 0) is 9.59 Å². The first-order chi connectivity index (χ1) is 9.91. The number of anilines is 1. The third-order valence-electron chi connectivity index (χ3n) is 3.07. The Hall–Kier alpha value is -2.37. The summed E-state index contributed by atoms with van der Waals surface area (Å²) in [5, 5.41) is 10.8. The van der Waals surface area contributed by atoms with Crippen LogP contribution in [0.3, 0.4) is 0 Å². The van der Waals surface area contributed by atoms with Crippen molar-refractivity contribution in [2.75, 3.05) is 11.9 Å². The highest BCUT2D eigenvalue weighted by molar-refractivity contribution is 6.02. The molecule has 0 atom stereocenters. The molecule has 0 radical (unpaired) electrons. The zero-order valence-corrected chi connectivity index (χ0v) is 12.3. The van der Waals surface area contributed by atoms with Gasteiger partial charge in [0.25, 0.3) is 0 Å². The Balaban J connectivity index is 2.44. The van der Waals surface area contributed by atoms with Gasteiger partial charge in [-0.1, -0.05) is 18.2 Å². The van der Waals surface area contributed by atoms with E-state index in [2.05, 4.69) is 5.32 Å². The van der Waals surface area contributed by atoms with Gasteiger partial charge in [-0.15, -0.1) is 0 Å². The van der Waals surface area contributed by atoms with Crippen LogP contribution in [0.5, 0.6) is 0 Å². The predicted molar refractivity (Wildman–Crippen MR) is 79.2 cm³/mol. The second-order valence-electron chi connectivity index (χ2n) is 4.80. The van der Waals surface area contributed by atoms with E-state index in [1.807, 2.05) is 25.1 Å². The SMILES string of the molecule is Cc1ccccc1N(C)C(=O)NC(=O)CCCCC(=O)O. The van der Waals surface area contributed by atoms with E-state index in [-0.39, 0.29) is 12.8 Å². The minimum Gasteiger partial charge on any atom is -0.481 e. The number of carboxylic acids is 1. The molecule has 3 amide bonds. The maximum absolute atomic E-state index is 11.9. The third kappa shape index (κ3) is 5.64. The molecule has 0 heterocycles. The van der Waals surface area contributed by atoms with E-state index in [1.54, 1.807) is 13.1 Å². The van der Waals surface area contributed by atoms with E-state index in [0.29, 0.717) is 12.8 Å². The monoisotopic (exact) mass is 292 g/mol. The number of urea groups is 1. The normalized spacial score (nSPS) is 10.0. The first-order valence-corrected chi connectivity index (χ1v) is 6.76. The van der Waals surface area contributed by atoms with Crippen LogP contribution in [0, 0.1) is 6.92 Å². The van der Waals surface area contributed by atoms with Crippen molar-refractivity contribution in [3.63, 3.8) is 0 Å². The summed E-state index contributed by atoms with van der Waals surface area (Å²) in [5.74, 6) is -1.28. The lowest BCUT2D eigenvalue weighted by Gasteiger charge is -2.19. The number of carboxylic acid groups (broad SMARTS) is 1. The number of aliphatic carboxylic acids is 1. The number of aryl methyl sites for hydroxylation is 1. The van der Waals surface area contributed by atoms with Crippen LogP contribution in [0.25, 0.3) is 0 Å². The number of hydrogen-bond donors (Lipinski definition) is 2. The molecule has 1 aromatic rings. The van der Waals surface area contributed by atoms with E-state index in [9.17, 15) is 14.4 Å². The lowest BCUT2D eigenvalue weighted by molar-refractivity contribution is -0.137. The zero-order valence-electron chi connectivity index (χ0n) is 12.3. The fourth-order valence-corrected chi connectivity index (χ4v) is 1.88. The molecule has 0 bridgehead atoms. The number of benzene rings is 1. The first kappa shape index (κ1) is 16.7. The predicted octanol–water partition coefficient (Wildman–Crippen LogP) is 2.31. The lowest BCUT2D eigenvalue weighted by Crippen LogP contribution is -2.41. The van der Waals surface area contributed by atoms with Gasteiger partial charge in [0.15, 0.2) is 0 Å². The van der Waals surface area contributed by atoms with Crippen molar-refractivity contribution < 1.29 is 19.5 Å². The van der Waals surface area contributed by atoms with Crippen molar-refractivity contribution in [3.8, 4) is 0 Å². The Bertz CT molecular complexity index is 528. The number of nitrogens with one attached hydrogen (secondary N) is 1. The number of rotatable bonds is 6. The minimum absolute atomic E-state index is 0.0321. The smallest absolute Gasteiger partial charge is 0.328 e. The van der Waals surface area contributed by atoms with Gasteiger partial charge in [-0.25, -0.2) is 4.79 Å². The summed E-state index contributed by atoms with van der Waals surface area (Å²) in [7, 11) is 1.59. The average Bonchev–Trinajstić information content (AvgIpc) is 2.43. The molecule has 0 saturated carbocycles. The van der Waals surface area contributed by atoms with Crippen molar-refractivity contribution in [1.29, 1.82) is 0 Å². The molecule has 1 aromatic carbocycles. The van der Waals surface area contributed by atoms with Crippen LogP contribution >= 0.6 is 0 Å². The van der Waals surface area contributed by atoms with Crippen molar-refractivity contribution in [3.05, 3.63) is 29.8 Å². The summed E-state index contributed by atoms with van der Waals surface area (Å²) < 4.78 is 0. The zero-order chi connectivity index (χ0) is 15.8. The van der Waals surface area contributed by atoms with Gasteiger partial charge < -0.3 is 5.11 Å². The van der Waals surface area contributed by atoms with Gasteiger partial charge in [0.1, 0.15) is 0 Å². The number of hydrogen-bond acceptors (Lipinski definition) is 3. The quantitative estimate of drug-likeness (QED) is 0.788. The molecule has 114 valence electrons. The Morgan fingerprint density at radius 1 is 1.14 bits per heavy atom. The van der Waals surface area contributed by atoms with Crippen LogP contribution in [0.15, 0.2) is 24.3 Å². The largest absolute Gasteiger partial charge is 0.481 e. The molecule has 0 spiro atoms. The summed E-state index contributed by atoms with van der Waals surface area (Å²) in [4.78, 5) is 35.3. The molecule has 1 rings (SSSR count). The van der Waals surface area contributed by atoms with E-state index in [1.165, 1.54) is 4.90 Å². The summed E-state index contributed by atoms with van der Waals surface area (Å²) >= 11 is 0. The Morgan fingerprint density at radius 3 is 2.38 bits per heavy atom. The highest BCUT2D eigenvalue weighted by atomic mass is 16.4. The number of amides is 3. The average molecular weight is 292 g/mol. The fourth-order valence-electron chi connectivity index (χ4n) is 1.88. The molecule has 0 aromatic heterocycles. The van der Waals surface area contributed by atoms with Crippen LogP contribution in [0.1, 0.15) is 31.2 Å². The minimum atomic E-state index is -0.884. The number of imide groups is 1. The highest BCUT2D eigenvalue weighted by Crippen LogP contribution is 2.17. The molecule has 0 unspecified atom stereocenters. The van der Waals surface area contributed by atoms with Gasteiger partial charge in [-0.05, 0) is 31.4 Å². The van der Waals surface area contributed by atoms with Gasteiger partial charge in [0, 0.05) is 25.6 Å². The van der Waals surface area contributed by atoms with Crippen molar-refractivity contribution in [2.45, 2.75) is 32.6 Å². The van der Waals surface area contributed by atoms with Crippen LogP contribution in [-0.4, -0.2) is 30.1 Å². The van der Waals surface area contributed by atoms with Gasteiger partial charge in [0.05, 0.1) is 0 Å². The molecular formula is C15H20N2O4. The van der Waals surface area contributed by atoms with Crippen LogP contribution < -0.4 is 10.2 Å². The lowest BCUT2D eigenvalue weighted by atomic mass is 10.2. The van der Waals surface area contributed by atoms with Crippen molar-refractivity contribution in [1.82, 2.24) is 5.32 Å². The summed E-state index contributed by atoms with van der Waals surface area (Å²) in [6.45, 7) is 1.88. The molecule has 0 aliphatic carbocycles. The third-order valence-corrected chi connectivity index (χ3v) is 3.07. The fraction of sp³-hybridized carbons (Fsp3) is 0.400. The maximum Gasteiger partial charge on any atom is 0.328 e. The van der Waals surface area contributed by atoms with Crippen LogP contribution in [0.4, 0.5) is 10.5 Å². The standard InChI is InChI=1S/C15H20N2O4/c1-11-7-3-4-8-12(11)17(2)15(21)16-13(18)9-5-6-10-14(19)20/h3-4,7-8H,5-6,9-10H2,1-2H3,(H,19,20)(H,16,18,21). The Labute approximate surface area is 123 Å². The molecule has 6 nitrogen and oxygen atoms in total. The molecule has 2 N–H and O–H groups in total. The summed E-state index contributed by atoms with van der Waals surface area (Å²) in [6, 6.07) is 6.88. The second kappa shape index (κ2) is 8.04. The molecular weight excluding hydrogens is 272 g/mol. The molecule has 0 saturated heterocycles. The Kier molecular flexibility index (Phi) is 6.39. The number of carbonyl (C=O) groups excluding carboxylic acids is 2. The topological polar surface area (TPSA) is 86.7 Å². The Morgan fingerprint density at radius 2 is 1.76 bits per heavy atom. The number of unbranched alkanes of at least 4 members (excludes halogenated alkanes) is 1. The van der Waals surface area contributed by atoms with Gasteiger partial charge in [0.2, 0.25) is 5.91 Å². The number of para-hydroxylation sites is 1. The van der Waals surface area contributed by atoms with Crippen molar-refractivity contribution >= 4 is 23.6 Å². The van der Waals surface area contributed by atoms with E-state index in [0.717, 1.165) is 11.3 Å². The molecule has 0 aliphatic rings. The summed E-state index contributed by atoms with van der Waals surface area (Å²) in [6.07, 6.45) is 1.04. The molecule has 0 aliphatic heterocycles. The van der Waals surface area contributed by atoms with E-state index >= 15 is 0 Å². The molecule has 21 heavy (non-hydrogen) atoms. The number of nitrogens with zero attached hydrogens (tertiary/aromatic N) is 1. The molecule has 0 fully saturated rings. The van der Waals surface area contributed by atoms with E-state index < -0.39 is 17.9 Å².